The molecule has 272 valence electrons. The van der Waals surface area contributed by atoms with Crippen molar-refractivity contribution in [1.82, 2.24) is 4.98 Å². The second-order valence-corrected chi connectivity index (χ2v) is 14.7. The first-order valence-electron chi connectivity index (χ1n) is 19.4. The number of oxazole rings is 1. The van der Waals surface area contributed by atoms with Gasteiger partial charge in [0.1, 0.15) is 27.8 Å². The van der Waals surface area contributed by atoms with Gasteiger partial charge in [-0.15, -0.1) is 0 Å². The Balaban J connectivity index is 0.946. The molecule has 12 rings (SSSR count). The van der Waals surface area contributed by atoms with Gasteiger partial charge in [0, 0.05) is 55.8 Å². The van der Waals surface area contributed by atoms with E-state index in [1.54, 1.807) is 0 Å². The van der Waals surface area contributed by atoms with Crippen molar-refractivity contribution < 1.29 is 13.3 Å². The highest BCUT2D eigenvalue weighted by molar-refractivity contribution is 6.12. The molecule has 0 aliphatic rings. The molecule has 12 aromatic rings. The summed E-state index contributed by atoms with van der Waals surface area (Å²) >= 11 is 0. The van der Waals surface area contributed by atoms with Gasteiger partial charge in [-0.1, -0.05) is 115 Å². The molecule has 0 N–H and O–H groups in total. The summed E-state index contributed by atoms with van der Waals surface area (Å²) in [5, 5.41) is 6.71. The maximum Gasteiger partial charge on any atom is 0.228 e. The third-order valence-electron chi connectivity index (χ3n) is 11.3. The summed E-state index contributed by atoms with van der Waals surface area (Å²) in [4.78, 5) is 7.27. The molecule has 0 bridgehead atoms. The van der Waals surface area contributed by atoms with Crippen LogP contribution in [0.1, 0.15) is 0 Å². The average molecular weight is 745 g/mol. The highest BCUT2D eigenvalue weighted by atomic mass is 16.4. The van der Waals surface area contributed by atoms with Gasteiger partial charge in [0.05, 0.1) is 0 Å². The largest absolute Gasteiger partial charge is 0.456 e. The van der Waals surface area contributed by atoms with Gasteiger partial charge in [0.2, 0.25) is 5.89 Å². The third-order valence-corrected chi connectivity index (χ3v) is 11.3. The van der Waals surface area contributed by atoms with E-state index < -0.39 is 0 Å². The van der Waals surface area contributed by atoms with Crippen LogP contribution < -0.4 is 4.90 Å². The lowest BCUT2D eigenvalue weighted by Gasteiger charge is -2.26. The monoisotopic (exact) mass is 744 g/mol. The molecule has 0 amide bonds. The summed E-state index contributed by atoms with van der Waals surface area (Å²) in [5.74, 6) is 0.565. The van der Waals surface area contributed by atoms with Gasteiger partial charge in [-0.05, 0) is 100 Å². The SMILES string of the molecule is c1ccc2cc(-c3ccc(N(c4ccc(-c5cccc6nc(-c7cccc8oc9ccccc9c78)oc56)cc4)c4ccc5c(c4)oc4ccccc45)cc3)ccc2c1. The molecule has 5 nitrogen and oxygen atoms in total. The van der Waals surface area contributed by atoms with Crippen LogP contribution in [-0.2, 0) is 0 Å². The lowest BCUT2D eigenvalue weighted by atomic mass is 10.0. The number of para-hydroxylation sites is 3. The van der Waals surface area contributed by atoms with E-state index in [2.05, 4.69) is 144 Å². The molecular formula is C53H32N2O3. The van der Waals surface area contributed by atoms with Gasteiger partial charge in [0.25, 0.3) is 0 Å². The maximum atomic E-state index is 6.65. The van der Waals surface area contributed by atoms with E-state index in [-0.39, 0.29) is 0 Å². The minimum absolute atomic E-state index is 0.565. The Morgan fingerprint density at radius 1 is 0.362 bits per heavy atom. The van der Waals surface area contributed by atoms with Crippen LogP contribution in [0.5, 0.6) is 0 Å². The molecule has 0 unspecified atom stereocenters. The second kappa shape index (κ2) is 12.8. The van der Waals surface area contributed by atoms with Crippen LogP contribution in [0.4, 0.5) is 17.1 Å². The van der Waals surface area contributed by atoms with Crippen LogP contribution in [0.15, 0.2) is 207 Å². The molecule has 0 aliphatic carbocycles. The van der Waals surface area contributed by atoms with Crippen LogP contribution in [0.3, 0.4) is 0 Å². The first-order chi connectivity index (χ1) is 28.7. The van der Waals surface area contributed by atoms with Gasteiger partial charge < -0.3 is 18.2 Å². The Bertz CT molecular complexity index is 3520. The first-order valence-corrected chi connectivity index (χ1v) is 19.4. The highest BCUT2D eigenvalue weighted by Crippen LogP contribution is 2.42. The van der Waals surface area contributed by atoms with Gasteiger partial charge in [0.15, 0.2) is 5.58 Å². The van der Waals surface area contributed by atoms with Crippen LogP contribution in [0.25, 0.3) is 99.5 Å². The van der Waals surface area contributed by atoms with Gasteiger partial charge >= 0.3 is 0 Å². The molecule has 0 spiro atoms. The standard InChI is InChI=1S/C53H32N2O3/c1-2-10-36-31-37(20-19-33(36)9-1)34-21-25-38(26-22-34)55(40-29-30-43-42-11-3-5-16-47(42)57-50(43)32-40)39-27-23-35(24-28-39)41-13-7-15-46-52(41)58-53(54-46)45-14-8-18-49-51(45)44-12-4-6-17-48(44)56-49/h1-32H. The van der Waals surface area contributed by atoms with Crippen molar-refractivity contribution in [1.29, 1.82) is 0 Å². The minimum atomic E-state index is 0.565. The van der Waals surface area contributed by atoms with E-state index in [9.17, 15) is 0 Å². The molecule has 5 heteroatoms. The number of benzene rings is 9. The molecular weight excluding hydrogens is 713 g/mol. The molecule has 3 heterocycles. The smallest absolute Gasteiger partial charge is 0.228 e. The lowest BCUT2D eigenvalue weighted by Crippen LogP contribution is -2.09. The first kappa shape index (κ1) is 32.4. The Morgan fingerprint density at radius 3 is 1.79 bits per heavy atom. The Hall–Kier alpha value is -7.89. The summed E-state index contributed by atoms with van der Waals surface area (Å²) in [6.07, 6.45) is 0. The van der Waals surface area contributed by atoms with Crippen LogP contribution in [0.2, 0.25) is 0 Å². The molecule has 9 aromatic carbocycles. The zero-order valence-electron chi connectivity index (χ0n) is 31.1. The molecule has 0 fully saturated rings. The molecule has 0 aliphatic heterocycles. The number of hydrogen-bond acceptors (Lipinski definition) is 5. The van der Waals surface area contributed by atoms with Crippen molar-refractivity contribution in [2.45, 2.75) is 0 Å². The predicted molar refractivity (Wildman–Crippen MR) is 237 cm³/mol. The molecule has 3 aromatic heterocycles. The van der Waals surface area contributed by atoms with Crippen molar-refractivity contribution in [2.75, 3.05) is 4.90 Å². The quantitative estimate of drug-likeness (QED) is 0.170. The topological polar surface area (TPSA) is 55.6 Å². The Morgan fingerprint density at radius 2 is 0.966 bits per heavy atom. The number of furan rings is 2. The summed E-state index contributed by atoms with van der Waals surface area (Å²) in [5.41, 5.74) is 13.2. The summed E-state index contributed by atoms with van der Waals surface area (Å²) < 4.78 is 19.2. The molecule has 0 saturated carbocycles. The predicted octanol–water partition coefficient (Wildman–Crippen LogP) is 15.3. The van der Waals surface area contributed by atoms with Crippen molar-refractivity contribution >= 4 is 82.8 Å². The van der Waals surface area contributed by atoms with Crippen LogP contribution in [0, 0.1) is 0 Å². The fourth-order valence-corrected chi connectivity index (χ4v) is 8.51. The van der Waals surface area contributed by atoms with Crippen LogP contribution >= 0.6 is 0 Å². The van der Waals surface area contributed by atoms with E-state index >= 15 is 0 Å². The Labute approximate surface area is 332 Å². The number of aromatic nitrogens is 1. The molecule has 0 saturated heterocycles. The van der Waals surface area contributed by atoms with Crippen molar-refractivity contribution in [3.8, 4) is 33.7 Å². The van der Waals surface area contributed by atoms with E-state index in [0.29, 0.717) is 5.89 Å². The number of fused-ring (bicyclic) bond motifs is 8. The normalized spacial score (nSPS) is 11.8. The molecule has 0 radical (unpaired) electrons. The second-order valence-electron chi connectivity index (χ2n) is 14.7. The molecule has 58 heavy (non-hydrogen) atoms. The van der Waals surface area contributed by atoms with E-state index in [4.69, 9.17) is 18.2 Å². The van der Waals surface area contributed by atoms with Gasteiger partial charge in [-0.2, -0.15) is 0 Å². The average Bonchev–Trinajstić information content (AvgIpc) is 4.00. The third kappa shape index (κ3) is 5.21. The van der Waals surface area contributed by atoms with Crippen LogP contribution in [-0.4, -0.2) is 4.98 Å². The summed E-state index contributed by atoms with van der Waals surface area (Å²) in [6.45, 7) is 0. The number of nitrogens with zero attached hydrogens (tertiary/aromatic N) is 2. The highest BCUT2D eigenvalue weighted by Gasteiger charge is 2.20. The summed E-state index contributed by atoms with van der Waals surface area (Å²) in [6, 6.07) is 67.5. The summed E-state index contributed by atoms with van der Waals surface area (Å²) in [7, 11) is 0. The minimum Gasteiger partial charge on any atom is -0.456 e. The number of hydrogen-bond donors (Lipinski definition) is 0. The van der Waals surface area contributed by atoms with Crippen molar-refractivity contribution in [3.63, 3.8) is 0 Å². The zero-order chi connectivity index (χ0) is 38.2. The van der Waals surface area contributed by atoms with Crippen molar-refractivity contribution in [3.05, 3.63) is 194 Å². The fourth-order valence-electron chi connectivity index (χ4n) is 8.51. The van der Waals surface area contributed by atoms with Gasteiger partial charge in [-0.25, -0.2) is 4.98 Å². The van der Waals surface area contributed by atoms with E-state index in [0.717, 1.165) is 94.3 Å². The number of rotatable bonds is 6. The van der Waals surface area contributed by atoms with E-state index in [1.165, 1.54) is 16.3 Å². The maximum absolute atomic E-state index is 6.65. The van der Waals surface area contributed by atoms with Gasteiger partial charge in [-0.3, -0.25) is 0 Å². The Kier molecular flexibility index (Phi) is 7.16. The lowest BCUT2D eigenvalue weighted by molar-refractivity contribution is 0.621. The molecule has 0 atom stereocenters. The fraction of sp³-hybridized carbons (Fsp3) is 0. The number of anilines is 3. The van der Waals surface area contributed by atoms with Crippen molar-refractivity contribution in [2.24, 2.45) is 0 Å². The van der Waals surface area contributed by atoms with E-state index in [1.807, 2.05) is 54.6 Å². The zero-order valence-corrected chi connectivity index (χ0v) is 31.1.